The number of piperidine rings is 1. The molecule has 1 aliphatic heterocycles. The minimum atomic E-state index is -0.861. The average Bonchev–Trinajstić information content (AvgIpc) is 3.09. The number of likely N-dealkylation sites (N-methyl/N-ethyl adjacent to an activating group) is 2. The Bertz CT molecular complexity index is 1370. The van der Waals surface area contributed by atoms with Gasteiger partial charge in [0.05, 0.1) is 26.9 Å². The average molecular weight is 637 g/mol. The van der Waals surface area contributed by atoms with Crippen LogP contribution in [0.15, 0.2) is 66.7 Å². The van der Waals surface area contributed by atoms with E-state index in [-0.39, 0.29) is 19.0 Å². The molecule has 1 heterocycles. The highest BCUT2D eigenvalue weighted by Crippen LogP contribution is 2.55. The Morgan fingerprint density at radius 1 is 0.957 bits per heavy atom. The van der Waals surface area contributed by atoms with Crippen LogP contribution in [0.4, 0.5) is 0 Å². The maximum absolute atomic E-state index is 9.47. The van der Waals surface area contributed by atoms with Crippen molar-refractivity contribution in [1.29, 1.82) is 0 Å². The zero-order valence-electron chi connectivity index (χ0n) is 27.7. The number of methoxy groups -OCH3 is 2. The Labute approximate surface area is 273 Å². The molecule has 6 rings (SSSR count). The number of para-hydroxylation sites is 2. The maximum atomic E-state index is 9.47. The monoisotopic (exact) mass is 636 g/mol. The summed E-state index contributed by atoms with van der Waals surface area (Å²) in [5.74, 6) is 3.26. The number of ether oxygens (including phenoxy) is 3. The summed E-state index contributed by atoms with van der Waals surface area (Å²) in [6.07, 6.45) is 6.81. The molecule has 9 heteroatoms. The Morgan fingerprint density at radius 2 is 1.74 bits per heavy atom. The number of aliphatic hydroxyl groups is 3. The molecule has 3 aromatic rings. The number of aromatic hydroxyl groups is 1. The molecule has 0 aromatic heterocycles. The number of rotatable bonds is 9. The van der Waals surface area contributed by atoms with E-state index in [0.29, 0.717) is 23.5 Å². The summed E-state index contributed by atoms with van der Waals surface area (Å²) in [6.45, 7) is 1.49. The lowest BCUT2D eigenvalue weighted by molar-refractivity contribution is 0.00274. The quantitative estimate of drug-likeness (QED) is 0.232. The Balaban J connectivity index is 0.000000164. The van der Waals surface area contributed by atoms with E-state index in [4.69, 9.17) is 29.5 Å². The van der Waals surface area contributed by atoms with Gasteiger partial charge < -0.3 is 44.9 Å². The van der Waals surface area contributed by atoms with Gasteiger partial charge in [0.1, 0.15) is 24.2 Å². The zero-order valence-corrected chi connectivity index (χ0v) is 27.7. The predicted molar refractivity (Wildman–Crippen MR) is 180 cm³/mol. The predicted octanol–water partition coefficient (Wildman–Crippen LogP) is 4.46. The smallest absolute Gasteiger partial charge is 0.161 e. The SMILES string of the molecule is CNC[C@H](O)c1cccc(O)c1.COc1ccc2c(c1)[C@]13CCCC[C@@H]1[C@H](C2)N(C)CC3.COc1ccccc1OCC(O)CO. The van der Waals surface area contributed by atoms with Crippen molar-refractivity contribution in [2.24, 2.45) is 5.92 Å². The molecule has 2 bridgehead atoms. The number of aliphatic hydroxyl groups excluding tert-OH is 3. The van der Waals surface area contributed by atoms with Crippen molar-refractivity contribution in [3.63, 3.8) is 0 Å². The Hall–Kier alpha value is -3.34. The van der Waals surface area contributed by atoms with Gasteiger partial charge in [0.15, 0.2) is 11.5 Å². The minimum absolute atomic E-state index is 0.0525. The van der Waals surface area contributed by atoms with Crippen LogP contribution in [-0.2, 0) is 11.8 Å². The molecule has 1 saturated heterocycles. The van der Waals surface area contributed by atoms with Gasteiger partial charge >= 0.3 is 0 Å². The molecule has 46 heavy (non-hydrogen) atoms. The third kappa shape index (κ3) is 8.52. The van der Waals surface area contributed by atoms with Gasteiger partial charge in [0.25, 0.3) is 0 Å². The van der Waals surface area contributed by atoms with Crippen molar-refractivity contribution < 1.29 is 34.6 Å². The molecule has 5 atom stereocenters. The Morgan fingerprint density at radius 3 is 2.43 bits per heavy atom. The second-order valence-corrected chi connectivity index (χ2v) is 12.5. The normalized spacial score (nSPS) is 22.8. The van der Waals surface area contributed by atoms with Crippen LogP contribution >= 0.6 is 0 Å². The fraction of sp³-hybridized carbons (Fsp3) is 0.514. The molecule has 5 N–H and O–H groups in total. The zero-order chi connectivity index (χ0) is 33.1. The van der Waals surface area contributed by atoms with Crippen LogP contribution in [0.2, 0.25) is 0 Å². The van der Waals surface area contributed by atoms with E-state index in [0.717, 1.165) is 23.3 Å². The first-order valence-electron chi connectivity index (χ1n) is 16.3. The topological polar surface area (TPSA) is 124 Å². The summed E-state index contributed by atoms with van der Waals surface area (Å²) >= 11 is 0. The molecule has 0 radical (unpaired) electrons. The Kier molecular flexibility index (Phi) is 13.1. The summed E-state index contributed by atoms with van der Waals surface area (Å²) < 4.78 is 15.8. The molecule has 2 fully saturated rings. The van der Waals surface area contributed by atoms with Crippen LogP contribution in [0.5, 0.6) is 23.0 Å². The molecule has 252 valence electrons. The van der Waals surface area contributed by atoms with Crippen molar-refractivity contribution in [3.05, 3.63) is 83.4 Å². The highest BCUT2D eigenvalue weighted by atomic mass is 16.5. The van der Waals surface area contributed by atoms with Crippen molar-refractivity contribution in [3.8, 4) is 23.0 Å². The van der Waals surface area contributed by atoms with Crippen molar-refractivity contribution >= 4 is 0 Å². The third-order valence-electron chi connectivity index (χ3n) is 9.69. The number of nitrogens with one attached hydrogen (secondary N) is 1. The highest BCUT2D eigenvalue weighted by Gasteiger charge is 2.53. The summed E-state index contributed by atoms with van der Waals surface area (Å²) in [5, 5.41) is 39.1. The number of phenols is 1. The molecular weight excluding hydrogens is 584 g/mol. The van der Waals surface area contributed by atoms with E-state index >= 15 is 0 Å². The van der Waals surface area contributed by atoms with Gasteiger partial charge in [-0.2, -0.15) is 0 Å². The first-order chi connectivity index (χ1) is 22.3. The minimum Gasteiger partial charge on any atom is -0.508 e. The fourth-order valence-corrected chi connectivity index (χ4v) is 7.32. The van der Waals surface area contributed by atoms with Crippen LogP contribution < -0.4 is 19.5 Å². The van der Waals surface area contributed by atoms with E-state index in [1.165, 1.54) is 45.1 Å². The lowest BCUT2D eigenvalue weighted by Crippen LogP contribution is -2.59. The highest BCUT2D eigenvalue weighted by molar-refractivity contribution is 5.45. The van der Waals surface area contributed by atoms with E-state index in [1.54, 1.807) is 68.8 Å². The third-order valence-corrected chi connectivity index (χ3v) is 9.69. The van der Waals surface area contributed by atoms with Gasteiger partial charge in [-0.1, -0.05) is 43.2 Å². The molecule has 1 unspecified atom stereocenters. The summed E-state index contributed by atoms with van der Waals surface area (Å²) in [4.78, 5) is 2.63. The summed E-state index contributed by atoms with van der Waals surface area (Å²) in [5.41, 5.74) is 4.40. The number of phenolic OH excluding ortho intramolecular Hbond substituents is 1. The molecule has 0 amide bonds. The van der Waals surface area contributed by atoms with Gasteiger partial charge in [-0.3, -0.25) is 0 Å². The van der Waals surface area contributed by atoms with E-state index in [2.05, 4.69) is 35.5 Å². The van der Waals surface area contributed by atoms with E-state index in [9.17, 15) is 5.11 Å². The van der Waals surface area contributed by atoms with Crippen LogP contribution in [0.1, 0.15) is 54.9 Å². The standard InChI is InChI=1S/C18H25NO.C10H14O4.C9H13NO2/c1-19-10-9-18-8-4-3-5-15(18)17(19)11-13-6-7-14(20-2)12-16(13)18;1-13-9-4-2-3-5-10(9)14-7-8(12)6-11;1-10-6-9(12)7-3-2-4-8(11)5-7/h6-7,12,15,17H,3-5,8-11H2,1-2H3;2-5,8,11-12H,6-7H2,1H3;2-5,9-12H,6H2,1H3/t15-,17+,18+;;9-/m1.0/s1. The maximum Gasteiger partial charge on any atom is 0.161 e. The number of hydrogen-bond acceptors (Lipinski definition) is 9. The van der Waals surface area contributed by atoms with Gasteiger partial charge in [-0.25, -0.2) is 0 Å². The lowest BCUT2D eigenvalue weighted by Gasteiger charge is -2.58. The molecule has 3 aromatic carbocycles. The molecule has 2 aliphatic carbocycles. The summed E-state index contributed by atoms with van der Waals surface area (Å²) in [6, 6.07) is 21.4. The largest absolute Gasteiger partial charge is 0.508 e. The number of benzene rings is 3. The van der Waals surface area contributed by atoms with Crippen LogP contribution in [-0.4, -0.2) is 92.1 Å². The van der Waals surface area contributed by atoms with Gasteiger partial charge in [0.2, 0.25) is 0 Å². The van der Waals surface area contributed by atoms with Crippen molar-refractivity contribution in [2.45, 2.75) is 62.2 Å². The van der Waals surface area contributed by atoms with Crippen molar-refractivity contribution in [2.75, 3.05) is 54.6 Å². The molecule has 9 nitrogen and oxygen atoms in total. The van der Waals surface area contributed by atoms with Crippen molar-refractivity contribution in [1.82, 2.24) is 10.2 Å². The van der Waals surface area contributed by atoms with Gasteiger partial charge in [0, 0.05) is 18.0 Å². The van der Waals surface area contributed by atoms with Crippen LogP contribution in [0.25, 0.3) is 0 Å². The number of fused-ring (bicyclic) bond motifs is 1. The van der Waals surface area contributed by atoms with Gasteiger partial charge in [-0.15, -0.1) is 0 Å². The first-order valence-corrected chi connectivity index (χ1v) is 16.3. The molecule has 3 aliphatic rings. The van der Waals surface area contributed by atoms with E-state index in [1.807, 2.05) is 12.1 Å². The van der Waals surface area contributed by atoms with Crippen LogP contribution in [0.3, 0.4) is 0 Å². The molecule has 1 saturated carbocycles. The second kappa shape index (κ2) is 17.0. The fourth-order valence-electron chi connectivity index (χ4n) is 7.32. The first kappa shape index (κ1) is 35.5. The number of likely N-dealkylation sites (tertiary alicyclic amines) is 1. The van der Waals surface area contributed by atoms with Gasteiger partial charge in [-0.05, 0) is 105 Å². The second-order valence-electron chi connectivity index (χ2n) is 12.5. The summed E-state index contributed by atoms with van der Waals surface area (Å²) in [7, 11) is 7.44. The molecule has 0 spiro atoms. The molecular formula is C37H52N2O7. The lowest BCUT2D eigenvalue weighted by atomic mass is 9.52. The van der Waals surface area contributed by atoms with Crippen LogP contribution in [0, 0.1) is 5.92 Å². The number of hydrogen-bond donors (Lipinski definition) is 5. The number of nitrogens with zero attached hydrogens (tertiary/aromatic N) is 1. The van der Waals surface area contributed by atoms with E-state index < -0.39 is 12.2 Å².